The largest absolute Gasteiger partial charge is 0.475 e. The number of carbonyl (C=O) groups excluding carboxylic acids is 2. The average Bonchev–Trinajstić information content (AvgIpc) is 3.19. The molecular formula is C19H28F3N3O3S. The van der Waals surface area contributed by atoms with Crippen molar-refractivity contribution >= 4 is 23.2 Å². The first-order valence-electron chi connectivity index (χ1n) is 9.45. The Hall–Kier alpha value is -1.81. The molecule has 2 N–H and O–H groups in total. The number of likely N-dealkylation sites (tertiary alicyclic amines) is 1. The molecule has 1 aliphatic heterocycles. The smallest absolute Gasteiger partial charge is 0.422 e. The molecule has 0 saturated carbocycles. The van der Waals surface area contributed by atoms with E-state index in [2.05, 4.69) is 10.6 Å². The SMILES string of the molecule is CC(NC(=O)[C@@H]1CCN(CC(=O)NC(C)(C)C)C1)c1ccc(OCC(F)(F)F)s1. The zero-order chi connectivity index (χ0) is 21.8. The summed E-state index contributed by atoms with van der Waals surface area (Å²) in [5, 5.41) is 5.97. The lowest BCUT2D eigenvalue weighted by atomic mass is 10.1. The standard InChI is InChI=1S/C19H28F3N3O3S/c1-12(14-5-6-16(29-14)28-11-19(20,21)22)23-17(27)13-7-8-25(9-13)10-15(26)24-18(2,3)4/h5-6,12-13H,7-11H2,1-4H3,(H,23,27)(H,24,26)/t12?,13-/m1/s1. The van der Waals surface area contributed by atoms with Gasteiger partial charge in [-0.1, -0.05) is 0 Å². The van der Waals surface area contributed by atoms with Gasteiger partial charge in [0, 0.05) is 17.0 Å². The lowest BCUT2D eigenvalue weighted by Crippen LogP contribution is -2.45. The predicted molar refractivity (Wildman–Crippen MR) is 105 cm³/mol. The molecule has 0 spiro atoms. The lowest BCUT2D eigenvalue weighted by Gasteiger charge is -2.23. The number of halogens is 3. The number of rotatable bonds is 7. The fraction of sp³-hybridized carbons (Fsp3) is 0.684. The van der Waals surface area contributed by atoms with Gasteiger partial charge in [-0.2, -0.15) is 13.2 Å². The third kappa shape index (κ3) is 8.22. The first kappa shape index (κ1) is 23.5. The number of carbonyl (C=O) groups is 2. The molecule has 29 heavy (non-hydrogen) atoms. The summed E-state index contributed by atoms with van der Waals surface area (Å²) >= 11 is 1.08. The Labute approximate surface area is 172 Å². The number of hydrogen-bond donors (Lipinski definition) is 2. The van der Waals surface area contributed by atoms with Gasteiger partial charge >= 0.3 is 6.18 Å². The van der Waals surface area contributed by atoms with Gasteiger partial charge < -0.3 is 15.4 Å². The summed E-state index contributed by atoms with van der Waals surface area (Å²) < 4.78 is 41.4. The van der Waals surface area contributed by atoms with Crippen molar-refractivity contribution in [1.82, 2.24) is 15.5 Å². The molecular weight excluding hydrogens is 407 g/mol. The highest BCUT2D eigenvalue weighted by molar-refractivity contribution is 7.13. The van der Waals surface area contributed by atoms with Crippen molar-refractivity contribution in [1.29, 1.82) is 0 Å². The van der Waals surface area contributed by atoms with Crippen LogP contribution in [0.15, 0.2) is 12.1 Å². The molecule has 0 aliphatic carbocycles. The molecule has 6 nitrogen and oxygen atoms in total. The summed E-state index contributed by atoms with van der Waals surface area (Å²) in [4.78, 5) is 27.2. The summed E-state index contributed by atoms with van der Waals surface area (Å²) in [6.07, 6.45) is -3.73. The second kappa shape index (κ2) is 9.34. The normalized spacial score (nSPS) is 19.1. The maximum absolute atomic E-state index is 12.5. The van der Waals surface area contributed by atoms with Gasteiger partial charge in [0.2, 0.25) is 11.8 Å². The van der Waals surface area contributed by atoms with Crippen LogP contribution in [0.4, 0.5) is 13.2 Å². The number of nitrogens with one attached hydrogen (secondary N) is 2. The van der Waals surface area contributed by atoms with Crippen LogP contribution in [0.1, 0.15) is 45.0 Å². The molecule has 0 bridgehead atoms. The Bertz CT molecular complexity index is 716. The number of nitrogens with zero attached hydrogens (tertiary/aromatic N) is 1. The Morgan fingerprint density at radius 2 is 2.00 bits per heavy atom. The molecule has 1 aromatic rings. The summed E-state index contributed by atoms with van der Waals surface area (Å²) in [5.41, 5.74) is -0.299. The molecule has 0 radical (unpaired) electrons. The van der Waals surface area contributed by atoms with Gasteiger partial charge in [-0.3, -0.25) is 14.5 Å². The predicted octanol–water partition coefficient (Wildman–Crippen LogP) is 3.10. The van der Waals surface area contributed by atoms with E-state index in [9.17, 15) is 22.8 Å². The zero-order valence-electron chi connectivity index (χ0n) is 17.1. The Morgan fingerprint density at radius 1 is 1.31 bits per heavy atom. The number of thiophene rings is 1. The summed E-state index contributed by atoms with van der Waals surface area (Å²) in [6, 6.07) is 2.78. The van der Waals surface area contributed by atoms with Crippen molar-refractivity contribution in [2.24, 2.45) is 5.92 Å². The van der Waals surface area contributed by atoms with Crippen molar-refractivity contribution in [3.8, 4) is 5.06 Å². The van der Waals surface area contributed by atoms with Gasteiger partial charge in [0.25, 0.3) is 0 Å². The minimum Gasteiger partial charge on any atom is -0.475 e. The molecule has 2 rings (SSSR count). The maximum Gasteiger partial charge on any atom is 0.422 e. The molecule has 1 fully saturated rings. The van der Waals surface area contributed by atoms with E-state index in [1.54, 1.807) is 13.0 Å². The second-order valence-corrected chi connectivity index (χ2v) is 9.39. The van der Waals surface area contributed by atoms with E-state index in [0.29, 0.717) is 19.5 Å². The van der Waals surface area contributed by atoms with E-state index in [1.165, 1.54) is 6.07 Å². The second-order valence-electron chi connectivity index (χ2n) is 8.31. The van der Waals surface area contributed by atoms with Gasteiger partial charge in [0.15, 0.2) is 11.7 Å². The molecule has 2 heterocycles. The molecule has 1 unspecified atom stereocenters. The molecule has 0 aromatic carbocycles. The van der Waals surface area contributed by atoms with E-state index < -0.39 is 12.8 Å². The van der Waals surface area contributed by atoms with E-state index in [1.807, 2.05) is 25.7 Å². The molecule has 1 aromatic heterocycles. The Kier molecular flexibility index (Phi) is 7.56. The van der Waals surface area contributed by atoms with Gasteiger partial charge in [-0.05, 0) is 52.8 Å². The van der Waals surface area contributed by atoms with Crippen molar-refractivity contribution in [3.05, 3.63) is 17.0 Å². The van der Waals surface area contributed by atoms with Gasteiger partial charge in [-0.15, -0.1) is 11.3 Å². The maximum atomic E-state index is 12.5. The van der Waals surface area contributed by atoms with Gasteiger partial charge in [-0.25, -0.2) is 0 Å². The number of alkyl halides is 3. The van der Waals surface area contributed by atoms with Crippen LogP contribution >= 0.6 is 11.3 Å². The highest BCUT2D eigenvalue weighted by Crippen LogP contribution is 2.31. The summed E-state index contributed by atoms with van der Waals surface area (Å²) in [6.45, 7) is 7.60. The first-order valence-corrected chi connectivity index (χ1v) is 10.3. The quantitative estimate of drug-likeness (QED) is 0.691. The topological polar surface area (TPSA) is 70.7 Å². The van der Waals surface area contributed by atoms with Crippen LogP contribution in [0.3, 0.4) is 0 Å². The summed E-state index contributed by atoms with van der Waals surface area (Å²) in [7, 11) is 0. The highest BCUT2D eigenvalue weighted by atomic mass is 32.1. The Morgan fingerprint density at radius 3 is 2.62 bits per heavy atom. The van der Waals surface area contributed by atoms with Crippen LogP contribution in [-0.4, -0.2) is 54.7 Å². The monoisotopic (exact) mass is 435 g/mol. The lowest BCUT2D eigenvalue weighted by molar-refractivity contribution is -0.152. The molecule has 1 aliphatic rings. The molecule has 2 atom stereocenters. The van der Waals surface area contributed by atoms with Crippen molar-refractivity contribution in [3.63, 3.8) is 0 Å². The minimum atomic E-state index is -4.39. The van der Waals surface area contributed by atoms with Crippen LogP contribution in [0, 0.1) is 5.92 Å². The molecule has 2 amide bonds. The fourth-order valence-corrected chi connectivity index (χ4v) is 3.91. The molecule has 10 heteroatoms. The zero-order valence-corrected chi connectivity index (χ0v) is 17.9. The fourth-order valence-electron chi connectivity index (χ4n) is 3.05. The van der Waals surface area contributed by atoms with Gasteiger partial charge in [0.1, 0.15) is 0 Å². The van der Waals surface area contributed by atoms with E-state index in [-0.39, 0.29) is 40.9 Å². The van der Waals surface area contributed by atoms with E-state index >= 15 is 0 Å². The minimum absolute atomic E-state index is 0.0723. The van der Waals surface area contributed by atoms with Crippen LogP contribution in [0.25, 0.3) is 0 Å². The van der Waals surface area contributed by atoms with Crippen molar-refractivity contribution in [2.75, 3.05) is 26.2 Å². The van der Waals surface area contributed by atoms with Crippen molar-refractivity contribution in [2.45, 2.75) is 51.9 Å². The first-order chi connectivity index (χ1) is 13.3. The third-order valence-electron chi connectivity index (χ3n) is 4.29. The summed E-state index contributed by atoms with van der Waals surface area (Å²) in [5.74, 6) is -0.417. The third-order valence-corrected chi connectivity index (χ3v) is 5.47. The van der Waals surface area contributed by atoms with Crippen LogP contribution in [0.5, 0.6) is 5.06 Å². The van der Waals surface area contributed by atoms with E-state index in [0.717, 1.165) is 16.2 Å². The Balaban J connectivity index is 1.80. The van der Waals surface area contributed by atoms with Crippen LogP contribution in [0.2, 0.25) is 0 Å². The average molecular weight is 436 g/mol. The molecule has 1 saturated heterocycles. The number of ether oxygens (including phenoxy) is 1. The van der Waals surface area contributed by atoms with Crippen LogP contribution < -0.4 is 15.4 Å². The van der Waals surface area contributed by atoms with Crippen LogP contribution in [-0.2, 0) is 9.59 Å². The van der Waals surface area contributed by atoms with Crippen molar-refractivity contribution < 1.29 is 27.5 Å². The number of amides is 2. The number of hydrogen-bond acceptors (Lipinski definition) is 5. The van der Waals surface area contributed by atoms with Gasteiger partial charge in [0.05, 0.1) is 18.5 Å². The highest BCUT2D eigenvalue weighted by Gasteiger charge is 2.31. The molecule has 164 valence electrons. The van der Waals surface area contributed by atoms with E-state index in [4.69, 9.17) is 4.74 Å².